The van der Waals surface area contributed by atoms with Gasteiger partial charge in [-0.2, -0.15) is 0 Å². The van der Waals surface area contributed by atoms with Gasteiger partial charge in [0.05, 0.1) is 59.1 Å². The number of halogens is 2. The molecule has 2 aromatic heterocycles. The minimum Gasteiger partial charge on any atom is -0.494 e. The van der Waals surface area contributed by atoms with E-state index in [1.54, 1.807) is 26.0 Å². The van der Waals surface area contributed by atoms with Crippen LogP contribution in [0.2, 0.25) is 0 Å². The number of aryl methyl sites for hydroxylation is 2. The molecule has 8 rings (SSSR count). The molecule has 0 aliphatic carbocycles. The molecule has 0 unspecified atom stereocenters. The lowest BCUT2D eigenvalue weighted by atomic mass is 10.0. The monoisotopic (exact) mass is 962 g/mol. The molecule has 24 heteroatoms. The SMILES string of the molecule is COC(=O)[C@@H]1CO[C@@H]([C@@H]2CC(c3cc(C(=O)NCc4ccc(F)c(OC)c4)nc(C)n3)=NO2)CO1.COc1cc(CNC(=O)c2cc(C3=NO[C@H]([C@H]4CO[C@H](C(=O)O)CO4)C3)nc(C)n2)ccc1F. The molecule has 0 spiro atoms. The molecule has 2 fully saturated rings. The Labute approximate surface area is 392 Å². The fourth-order valence-corrected chi connectivity index (χ4v) is 7.21. The first-order chi connectivity index (χ1) is 33.2. The highest BCUT2D eigenvalue weighted by Crippen LogP contribution is 2.26. The Morgan fingerprint density at radius 3 is 1.46 bits per heavy atom. The molecule has 6 atom stereocenters. The van der Waals surface area contributed by atoms with Gasteiger partial charge < -0.3 is 58.6 Å². The van der Waals surface area contributed by atoms with Crippen molar-refractivity contribution in [2.24, 2.45) is 10.3 Å². The van der Waals surface area contributed by atoms with Crippen molar-refractivity contribution in [1.82, 2.24) is 30.6 Å². The number of hydrogen-bond acceptors (Lipinski definition) is 19. The van der Waals surface area contributed by atoms with Crippen LogP contribution in [-0.2, 0) is 56.0 Å². The van der Waals surface area contributed by atoms with Crippen LogP contribution < -0.4 is 20.1 Å². The van der Waals surface area contributed by atoms with E-state index < -0.39 is 72.0 Å². The van der Waals surface area contributed by atoms with E-state index in [0.29, 0.717) is 58.4 Å². The van der Waals surface area contributed by atoms with Gasteiger partial charge in [-0.1, -0.05) is 22.4 Å². The summed E-state index contributed by atoms with van der Waals surface area (Å²) < 4.78 is 63.9. The molecule has 2 amide bonds. The van der Waals surface area contributed by atoms with Gasteiger partial charge in [0.15, 0.2) is 47.5 Å². The maximum atomic E-state index is 13.6. The molecule has 69 heavy (non-hydrogen) atoms. The fourth-order valence-electron chi connectivity index (χ4n) is 7.21. The predicted octanol–water partition coefficient (Wildman–Crippen LogP) is 2.54. The summed E-state index contributed by atoms with van der Waals surface area (Å²) in [6, 6.07) is 11.7. The van der Waals surface area contributed by atoms with Crippen molar-refractivity contribution < 1.29 is 75.9 Å². The van der Waals surface area contributed by atoms with Crippen molar-refractivity contribution in [1.29, 1.82) is 0 Å². The third-order valence-electron chi connectivity index (χ3n) is 10.9. The Hall–Kier alpha value is -7.28. The standard InChI is InChI=1S/C23H25FN4O7.C22H23FN4O7/c1-12-26-15(16-8-19(35-28-16)20-10-34-21(11-33-20)23(30)32-3)7-17(27-12)22(29)25-9-13-4-5-14(24)18(6-13)31-2;1-11-25-14(15-7-18(34-27-15)19-9-33-20(10-32-19)22(29)30)6-16(26-11)21(28)24-8-12-3-4-13(23)17(5-12)31-2/h4-7,19-21H,8-11H2,1-3H3,(H,25,29);3-6,18-20H,7-10H2,1-2H3,(H,24,28)(H,29,30)/t19-,20+,21-;18-,19+,20-/m00/s1. The second-order valence-electron chi connectivity index (χ2n) is 15.7. The number of rotatable bonds is 14. The van der Waals surface area contributed by atoms with Crippen molar-refractivity contribution in [2.45, 2.75) is 76.4 Å². The molecule has 4 aromatic rings. The number of esters is 1. The normalized spacial score (nSPS) is 21.8. The number of carbonyl (C=O) groups excluding carboxylic acids is 3. The van der Waals surface area contributed by atoms with Crippen LogP contribution in [0.15, 0.2) is 58.8 Å². The number of oxime groups is 2. The number of carboxylic acids is 1. The molecular formula is C45H48F2N8O14. The second kappa shape index (κ2) is 22.7. The number of nitrogens with one attached hydrogen (secondary N) is 2. The summed E-state index contributed by atoms with van der Waals surface area (Å²) in [4.78, 5) is 76.1. The molecule has 22 nitrogen and oxygen atoms in total. The van der Waals surface area contributed by atoms with E-state index in [0.717, 1.165) is 0 Å². The molecule has 366 valence electrons. The van der Waals surface area contributed by atoms with Gasteiger partial charge in [0.25, 0.3) is 11.8 Å². The van der Waals surface area contributed by atoms with E-state index in [9.17, 15) is 28.0 Å². The maximum Gasteiger partial charge on any atom is 0.337 e. The Kier molecular flexibility index (Phi) is 16.3. The number of aliphatic carboxylic acids is 1. The molecule has 2 aromatic carbocycles. The van der Waals surface area contributed by atoms with Crippen LogP contribution in [0.4, 0.5) is 8.78 Å². The van der Waals surface area contributed by atoms with Crippen LogP contribution in [0.5, 0.6) is 11.5 Å². The van der Waals surface area contributed by atoms with E-state index in [2.05, 4.69) is 45.6 Å². The lowest BCUT2D eigenvalue weighted by molar-refractivity contribution is -0.192. The number of benzene rings is 2. The average Bonchev–Trinajstić information content (AvgIpc) is 4.07. The lowest BCUT2D eigenvalue weighted by Crippen LogP contribution is -2.45. The number of carbonyl (C=O) groups is 4. The number of ether oxygens (including phenoxy) is 7. The Bertz CT molecular complexity index is 2610. The number of hydrogen-bond donors (Lipinski definition) is 3. The number of amides is 2. The van der Waals surface area contributed by atoms with Gasteiger partial charge in [-0.25, -0.2) is 38.3 Å². The number of nitrogens with zero attached hydrogens (tertiary/aromatic N) is 6. The third kappa shape index (κ3) is 12.6. The van der Waals surface area contributed by atoms with E-state index in [4.69, 9.17) is 43.2 Å². The smallest absolute Gasteiger partial charge is 0.337 e. The van der Waals surface area contributed by atoms with Crippen molar-refractivity contribution in [2.75, 3.05) is 47.8 Å². The van der Waals surface area contributed by atoms with Crippen LogP contribution in [0, 0.1) is 25.5 Å². The zero-order valence-corrected chi connectivity index (χ0v) is 37.9. The average molecular weight is 963 g/mol. The first-order valence-corrected chi connectivity index (χ1v) is 21.4. The molecule has 3 N–H and O–H groups in total. The summed E-state index contributed by atoms with van der Waals surface area (Å²) in [6.45, 7) is 3.83. The highest BCUT2D eigenvalue weighted by Gasteiger charge is 2.39. The largest absolute Gasteiger partial charge is 0.494 e. The first kappa shape index (κ1) is 49.6. The Morgan fingerprint density at radius 1 is 0.623 bits per heavy atom. The summed E-state index contributed by atoms with van der Waals surface area (Å²) in [5.41, 5.74) is 3.57. The van der Waals surface area contributed by atoms with E-state index in [1.165, 1.54) is 57.7 Å². The van der Waals surface area contributed by atoms with Crippen LogP contribution in [-0.4, -0.2) is 145 Å². The molecular weight excluding hydrogens is 915 g/mol. The summed E-state index contributed by atoms with van der Waals surface area (Å²) in [5, 5.41) is 22.7. The zero-order chi connectivity index (χ0) is 49.2. The highest BCUT2D eigenvalue weighted by atomic mass is 19.1. The summed E-state index contributed by atoms with van der Waals surface area (Å²) in [5.74, 6) is -2.45. The van der Waals surface area contributed by atoms with Gasteiger partial charge in [0.2, 0.25) is 0 Å². The van der Waals surface area contributed by atoms with E-state index in [-0.39, 0.29) is 62.4 Å². The summed E-state index contributed by atoms with van der Waals surface area (Å²) >= 11 is 0. The van der Waals surface area contributed by atoms with Gasteiger partial charge >= 0.3 is 11.9 Å². The van der Waals surface area contributed by atoms with Crippen LogP contribution in [0.25, 0.3) is 0 Å². The predicted molar refractivity (Wildman–Crippen MR) is 232 cm³/mol. The Morgan fingerprint density at radius 2 is 1.07 bits per heavy atom. The van der Waals surface area contributed by atoms with Gasteiger partial charge in [0, 0.05) is 25.9 Å². The van der Waals surface area contributed by atoms with Gasteiger partial charge in [-0.3, -0.25) is 9.59 Å². The van der Waals surface area contributed by atoms with Gasteiger partial charge in [-0.05, 0) is 61.4 Å². The van der Waals surface area contributed by atoms with E-state index >= 15 is 0 Å². The number of carboxylic acid groups (broad SMARTS) is 1. The second-order valence-corrected chi connectivity index (χ2v) is 15.7. The van der Waals surface area contributed by atoms with Gasteiger partial charge in [-0.15, -0.1) is 0 Å². The topological polar surface area (TPSA) is 272 Å². The molecule has 6 heterocycles. The third-order valence-corrected chi connectivity index (χ3v) is 10.9. The van der Waals surface area contributed by atoms with Crippen LogP contribution >= 0.6 is 0 Å². The highest BCUT2D eigenvalue weighted by molar-refractivity contribution is 6.02. The van der Waals surface area contributed by atoms with Crippen molar-refractivity contribution in [3.05, 3.63) is 106 Å². The minimum atomic E-state index is -1.08. The summed E-state index contributed by atoms with van der Waals surface area (Å²) in [7, 11) is 4.03. The number of aromatic nitrogens is 4. The lowest BCUT2D eigenvalue weighted by Gasteiger charge is -2.30. The first-order valence-electron chi connectivity index (χ1n) is 21.4. The molecule has 4 aliphatic rings. The van der Waals surface area contributed by atoms with Crippen molar-refractivity contribution in [3.8, 4) is 11.5 Å². The van der Waals surface area contributed by atoms with Crippen molar-refractivity contribution >= 4 is 35.2 Å². The van der Waals surface area contributed by atoms with E-state index in [1.807, 2.05) is 0 Å². The zero-order valence-electron chi connectivity index (χ0n) is 37.9. The minimum absolute atomic E-state index is 0.0589. The molecule has 2 saturated heterocycles. The van der Waals surface area contributed by atoms with Crippen molar-refractivity contribution in [3.63, 3.8) is 0 Å². The van der Waals surface area contributed by atoms with Crippen LogP contribution in [0.1, 0.15) is 68.0 Å². The molecule has 0 saturated carbocycles. The van der Waals surface area contributed by atoms with Gasteiger partial charge in [0.1, 0.15) is 46.7 Å². The number of methoxy groups -OCH3 is 3. The summed E-state index contributed by atoms with van der Waals surface area (Å²) in [6.07, 6.45) is -2.83. The fraction of sp³-hybridized carbons (Fsp3) is 0.422. The quantitative estimate of drug-likeness (QED) is 0.153. The maximum absolute atomic E-state index is 13.6. The molecule has 0 radical (unpaired) electrons. The Balaban J connectivity index is 0.000000204. The molecule has 4 aliphatic heterocycles. The molecule has 0 bridgehead atoms. The van der Waals surface area contributed by atoms with Crippen LogP contribution in [0.3, 0.4) is 0 Å².